The number of hydrogen-bond acceptors (Lipinski definition) is 4. The summed E-state index contributed by atoms with van der Waals surface area (Å²) in [5.74, 6) is 0.412. The molecule has 0 unspecified atom stereocenters. The van der Waals surface area contributed by atoms with Gasteiger partial charge < -0.3 is 10.6 Å². The Hall–Kier alpha value is -3.44. The molecule has 0 spiro atoms. The highest BCUT2D eigenvalue weighted by atomic mass is 35.5. The van der Waals surface area contributed by atoms with Crippen molar-refractivity contribution in [2.75, 3.05) is 10.6 Å². The van der Waals surface area contributed by atoms with Crippen molar-refractivity contribution in [3.63, 3.8) is 0 Å². The quantitative estimate of drug-likeness (QED) is 0.510. The van der Waals surface area contributed by atoms with E-state index in [2.05, 4.69) is 20.6 Å². The van der Waals surface area contributed by atoms with Gasteiger partial charge in [0.05, 0.1) is 17.2 Å². The summed E-state index contributed by atoms with van der Waals surface area (Å²) in [5, 5.41) is 6.66. The molecule has 6 heteroatoms. The maximum absolute atomic E-state index is 12.5. The molecule has 5 nitrogen and oxygen atoms in total. The lowest BCUT2D eigenvalue weighted by molar-refractivity contribution is 0.102. The highest BCUT2D eigenvalue weighted by Gasteiger charge is 2.08. The SMILES string of the molecule is O=C(Nc1ccc(Cl)cc1)c1cccc(Nc2cnc3ccccc3n2)c1. The topological polar surface area (TPSA) is 66.9 Å². The van der Waals surface area contributed by atoms with Gasteiger partial charge in [-0.1, -0.05) is 29.8 Å². The van der Waals surface area contributed by atoms with Crippen LogP contribution in [0, 0.1) is 0 Å². The molecule has 0 saturated carbocycles. The van der Waals surface area contributed by atoms with Crippen molar-refractivity contribution >= 4 is 45.7 Å². The van der Waals surface area contributed by atoms with Gasteiger partial charge in [-0.2, -0.15) is 0 Å². The Bertz CT molecular complexity index is 1110. The molecule has 1 heterocycles. The third kappa shape index (κ3) is 4.04. The molecule has 0 bridgehead atoms. The number of hydrogen-bond donors (Lipinski definition) is 2. The molecule has 0 aliphatic rings. The van der Waals surface area contributed by atoms with Gasteiger partial charge in [-0.3, -0.25) is 9.78 Å². The summed E-state index contributed by atoms with van der Waals surface area (Å²) in [5.41, 5.74) is 3.61. The maximum atomic E-state index is 12.5. The first-order valence-electron chi connectivity index (χ1n) is 8.33. The molecule has 0 aliphatic heterocycles. The zero-order chi connectivity index (χ0) is 18.6. The van der Waals surface area contributed by atoms with Crippen LogP contribution in [0.15, 0.2) is 79.0 Å². The normalized spacial score (nSPS) is 10.6. The summed E-state index contributed by atoms with van der Waals surface area (Å²) in [6, 6.07) is 21.8. The number of fused-ring (bicyclic) bond motifs is 1. The van der Waals surface area contributed by atoms with Crippen molar-refractivity contribution in [3.8, 4) is 0 Å². The summed E-state index contributed by atoms with van der Waals surface area (Å²) in [6.07, 6.45) is 1.67. The van der Waals surface area contributed by atoms with Crippen LogP contribution in [-0.4, -0.2) is 15.9 Å². The number of nitrogens with zero attached hydrogens (tertiary/aromatic N) is 2. The Kier molecular flexibility index (Phi) is 4.68. The standard InChI is InChI=1S/C21H15ClN4O/c22-15-8-10-16(11-9-15)25-21(27)14-4-3-5-17(12-14)24-20-13-23-18-6-1-2-7-19(18)26-20/h1-13H,(H,24,26)(H,25,27). The van der Waals surface area contributed by atoms with Gasteiger partial charge in [0.1, 0.15) is 5.82 Å². The monoisotopic (exact) mass is 374 g/mol. The van der Waals surface area contributed by atoms with Gasteiger partial charge >= 0.3 is 0 Å². The van der Waals surface area contributed by atoms with Crippen LogP contribution < -0.4 is 10.6 Å². The van der Waals surface area contributed by atoms with Crippen LogP contribution in [0.5, 0.6) is 0 Å². The molecule has 1 aromatic heterocycles. The van der Waals surface area contributed by atoms with Crippen LogP contribution in [0.25, 0.3) is 11.0 Å². The van der Waals surface area contributed by atoms with E-state index in [1.807, 2.05) is 36.4 Å². The lowest BCUT2D eigenvalue weighted by Gasteiger charge is -2.09. The second-order valence-electron chi connectivity index (χ2n) is 5.91. The minimum absolute atomic E-state index is 0.203. The van der Waals surface area contributed by atoms with Gasteiger partial charge in [0.25, 0.3) is 5.91 Å². The first-order chi connectivity index (χ1) is 13.2. The molecule has 0 aliphatic carbocycles. The maximum Gasteiger partial charge on any atom is 0.255 e. The largest absolute Gasteiger partial charge is 0.339 e. The molecular formula is C21H15ClN4O. The number of aromatic nitrogens is 2. The average molecular weight is 375 g/mol. The first-order valence-corrected chi connectivity index (χ1v) is 8.71. The summed E-state index contributed by atoms with van der Waals surface area (Å²) < 4.78 is 0. The molecule has 1 amide bonds. The average Bonchev–Trinajstić information content (AvgIpc) is 2.70. The zero-order valence-corrected chi connectivity index (χ0v) is 14.9. The molecule has 3 aromatic carbocycles. The van der Waals surface area contributed by atoms with Crippen molar-refractivity contribution < 1.29 is 4.79 Å². The van der Waals surface area contributed by atoms with Crippen LogP contribution in [0.2, 0.25) is 5.02 Å². The van der Waals surface area contributed by atoms with E-state index in [4.69, 9.17) is 11.6 Å². The van der Waals surface area contributed by atoms with Crippen molar-refractivity contribution in [2.45, 2.75) is 0 Å². The molecule has 27 heavy (non-hydrogen) atoms. The van der Waals surface area contributed by atoms with Crippen LogP contribution in [0.3, 0.4) is 0 Å². The van der Waals surface area contributed by atoms with E-state index in [0.717, 1.165) is 16.7 Å². The number of nitrogens with one attached hydrogen (secondary N) is 2. The third-order valence-corrected chi connectivity index (χ3v) is 4.20. The molecule has 0 atom stereocenters. The van der Waals surface area contributed by atoms with Gasteiger partial charge in [0.15, 0.2) is 0 Å². The van der Waals surface area contributed by atoms with Crippen LogP contribution in [-0.2, 0) is 0 Å². The van der Waals surface area contributed by atoms with E-state index in [-0.39, 0.29) is 5.91 Å². The lowest BCUT2D eigenvalue weighted by atomic mass is 10.2. The number of benzene rings is 3. The second-order valence-corrected chi connectivity index (χ2v) is 6.35. The van der Waals surface area contributed by atoms with Gasteiger partial charge in [0.2, 0.25) is 0 Å². The smallest absolute Gasteiger partial charge is 0.255 e. The zero-order valence-electron chi connectivity index (χ0n) is 14.2. The van der Waals surface area contributed by atoms with Crippen LogP contribution in [0.1, 0.15) is 10.4 Å². The molecule has 4 rings (SSSR count). The fourth-order valence-electron chi connectivity index (χ4n) is 2.64. The summed E-state index contributed by atoms with van der Waals surface area (Å²) in [4.78, 5) is 21.4. The van der Waals surface area contributed by atoms with E-state index in [9.17, 15) is 4.79 Å². The van der Waals surface area contributed by atoms with Crippen molar-refractivity contribution in [3.05, 3.63) is 89.6 Å². The molecule has 4 aromatic rings. The predicted molar refractivity (Wildman–Crippen MR) is 109 cm³/mol. The van der Waals surface area contributed by atoms with Crippen molar-refractivity contribution in [1.82, 2.24) is 9.97 Å². The van der Waals surface area contributed by atoms with Gasteiger partial charge in [-0.05, 0) is 54.6 Å². The van der Waals surface area contributed by atoms with Gasteiger partial charge in [0, 0.05) is 22.0 Å². The molecular weight excluding hydrogens is 360 g/mol. The van der Waals surface area contributed by atoms with Crippen LogP contribution in [0.4, 0.5) is 17.2 Å². The fraction of sp³-hybridized carbons (Fsp3) is 0. The van der Waals surface area contributed by atoms with E-state index in [1.54, 1.807) is 42.6 Å². The van der Waals surface area contributed by atoms with E-state index in [0.29, 0.717) is 22.1 Å². The first kappa shape index (κ1) is 17.0. The molecule has 0 saturated heterocycles. The number of carbonyl (C=O) groups excluding carboxylic acids is 1. The Morgan fingerprint density at radius 2 is 1.63 bits per heavy atom. The number of carbonyl (C=O) groups is 1. The second kappa shape index (κ2) is 7.43. The summed E-state index contributed by atoms with van der Waals surface area (Å²) in [7, 11) is 0. The van der Waals surface area contributed by atoms with Crippen molar-refractivity contribution in [1.29, 1.82) is 0 Å². The predicted octanol–water partition coefficient (Wildman–Crippen LogP) is 5.28. The molecule has 0 fully saturated rings. The highest BCUT2D eigenvalue weighted by molar-refractivity contribution is 6.30. The number of para-hydroxylation sites is 2. The lowest BCUT2D eigenvalue weighted by Crippen LogP contribution is -2.12. The highest BCUT2D eigenvalue weighted by Crippen LogP contribution is 2.19. The number of halogens is 1. The molecule has 2 N–H and O–H groups in total. The Balaban J connectivity index is 1.52. The van der Waals surface area contributed by atoms with Crippen LogP contribution >= 0.6 is 11.6 Å². The van der Waals surface area contributed by atoms with Crippen molar-refractivity contribution in [2.24, 2.45) is 0 Å². The number of amides is 1. The van der Waals surface area contributed by atoms with Gasteiger partial charge in [-0.25, -0.2) is 4.98 Å². The summed E-state index contributed by atoms with van der Waals surface area (Å²) in [6.45, 7) is 0. The Labute approximate surface area is 161 Å². The molecule has 132 valence electrons. The van der Waals surface area contributed by atoms with E-state index < -0.39 is 0 Å². The third-order valence-electron chi connectivity index (χ3n) is 3.95. The molecule has 0 radical (unpaired) electrons. The van der Waals surface area contributed by atoms with Gasteiger partial charge in [-0.15, -0.1) is 0 Å². The minimum Gasteiger partial charge on any atom is -0.339 e. The van der Waals surface area contributed by atoms with E-state index in [1.165, 1.54) is 0 Å². The Morgan fingerprint density at radius 3 is 2.44 bits per heavy atom. The summed E-state index contributed by atoms with van der Waals surface area (Å²) >= 11 is 5.87. The minimum atomic E-state index is -0.203. The number of anilines is 3. The Morgan fingerprint density at radius 1 is 0.852 bits per heavy atom. The van der Waals surface area contributed by atoms with E-state index >= 15 is 0 Å². The fourth-order valence-corrected chi connectivity index (χ4v) is 2.77. The number of rotatable bonds is 4.